The van der Waals surface area contributed by atoms with Crippen LogP contribution in [0.4, 0.5) is 0 Å². The van der Waals surface area contributed by atoms with Crippen LogP contribution in [0.25, 0.3) is 0 Å². The second-order valence-corrected chi connectivity index (χ2v) is 3.47. The fraction of sp³-hybridized carbons (Fsp3) is 0.333. The first kappa shape index (κ1) is 12.2. The van der Waals surface area contributed by atoms with Crippen LogP contribution in [-0.4, -0.2) is 18.4 Å². The molecule has 0 saturated carbocycles. The molecule has 1 atom stereocenters. The summed E-state index contributed by atoms with van der Waals surface area (Å²) in [6, 6.07) is 9.33. The van der Waals surface area contributed by atoms with Crippen molar-refractivity contribution in [2.45, 2.75) is 19.9 Å². The standard InChI is InChI=1S/C12H16N2O2/c1-3-13-11(15)12(16)14-9(2)10-7-5-4-6-8-10/h4-9H,3H2,1-2H3,(H,13,15)(H,14,16)/t9-/m0/s1. The number of rotatable bonds is 3. The Balaban J connectivity index is 2.55. The third-order valence-corrected chi connectivity index (χ3v) is 2.19. The third kappa shape index (κ3) is 3.38. The van der Waals surface area contributed by atoms with Gasteiger partial charge in [0.15, 0.2) is 0 Å². The van der Waals surface area contributed by atoms with E-state index in [0.717, 1.165) is 5.56 Å². The van der Waals surface area contributed by atoms with Gasteiger partial charge in [0.05, 0.1) is 6.04 Å². The second kappa shape index (κ2) is 5.90. The van der Waals surface area contributed by atoms with Crippen molar-refractivity contribution >= 4 is 11.8 Å². The molecule has 0 spiro atoms. The van der Waals surface area contributed by atoms with Gasteiger partial charge in [-0.25, -0.2) is 0 Å². The van der Waals surface area contributed by atoms with Gasteiger partial charge in [0.2, 0.25) is 0 Å². The quantitative estimate of drug-likeness (QED) is 0.747. The van der Waals surface area contributed by atoms with Gasteiger partial charge in [0, 0.05) is 6.54 Å². The molecule has 2 amide bonds. The number of hydrogen-bond donors (Lipinski definition) is 2. The SMILES string of the molecule is CCNC(=O)C(=O)N[C@@H](C)c1ccccc1. The summed E-state index contributed by atoms with van der Waals surface area (Å²) in [6.45, 7) is 4.06. The summed E-state index contributed by atoms with van der Waals surface area (Å²) in [5.41, 5.74) is 0.972. The van der Waals surface area contributed by atoms with Crippen molar-refractivity contribution in [3.05, 3.63) is 35.9 Å². The predicted octanol–water partition coefficient (Wildman–Crippen LogP) is 1.000. The Hall–Kier alpha value is -1.84. The van der Waals surface area contributed by atoms with Gasteiger partial charge in [0.25, 0.3) is 0 Å². The van der Waals surface area contributed by atoms with Gasteiger partial charge in [-0.3, -0.25) is 9.59 Å². The van der Waals surface area contributed by atoms with Gasteiger partial charge in [-0.15, -0.1) is 0 Å². The molecule has 0 aliphatic carbocycles. The van der Waals surface area contributed by atoms with Gasteiger partial charge < -0.3 is 10.6 Å². The molecule has 0 heterocycles. The van der Waals surface area contributed by atoms with Gasteiger partial charge in [-0.1, -0.05) is 30.3 Å². The van der Waals surface area contributed by atoms with E-state index in [9.17, 15) is 9.59 Å². The van der Waals surface area contributed by atoms with Crippen molar-refractivity contribution in [1.82, 2.24) is 10.6 Å². The highest BCUT2D eigenvalue weighted by atomic mass is 16.2. The molecule has 2 N–H and O–H groups in total. The fourth-order valence-electron chi connectivity index (χ4n) is 1.33. The molecule has 0 aliphatic rings. The number of carbonyl (C=O) groups excluding carboxylic acids is 2. The van der Waals surface area contributed by atoms with Crippen LogP contribution in [0.2, 0.25) is 0 Å². The molecule has 0 aromatic heterocycles. The van der Waals surface area contributed by atoms with E-state index in [4.69, 9.17) is 0 Å². The molecule has 1 rings (SSSR count). The molecular formula is C12H16N2O2. The molecule has 0 bridgehead atoms. The lowest BCUT2D eigenvalue weighted by atomic mass is 10.1. The van der Waals surface area contributed by atoms with E-state index in [-0.39, 0.29) is 6.04 Å². The monoisotopic (exact) mass is 220 g/mol. The summed E-state index contributed by atoms with van der Waals surface area (Å²) in [4.78, 5) is 22.6. The van der Waals surface area contributed by atoms with Crippen molar-refractivity contribution in [2.24, 2.45) is 0 Å². The number of amides is 2. The summed E-state index contributed by atoms with van der Waals surface area (Å²) in [5.74, 6) is -1.19. The highest BCUT2D eigenvalue weighted by Gasteiger charge is 2.15. The zero-order valence-electron chi connectivity index (χ0n) is 9.49. The van der Waals surface area contributed by atoms with E-state index in [2.05, 4.69) is 10.6 Å². The lowest BCUT2D eigenvalue weighted by Gasteiger charge is -2.13. The topological polar surface area (TPSA) is 58.2 Å². The van der Waals surface area contributed by atoms with Gasteiger partial charge >= 0.3 is 11.8 Å². The van der Waals surface area contributed by atoms with Crippen molar-refractivity contribution in [2.75, 3.05) is 6.54 Å². The molecule has 4 heteroatoms. The van der Waals surface area contributed by atoms with E-state index in [0.29, 0.717) is 6.54 Å². The fourth-order valence-corrected chi connectivity index (χ4v) is 1.33. The zero-order valence-corrected chi connectivity index (χ0v) is 9.49. The Kier molecular flexibility index (Phi) is 4.51. The van der Waals surface area contributed by atoms with Crippen molar-refractivity contribution in [3.63, 3.8) is 0 Å². The molecule has 1 aromatic rings. The first-order valence-electron chi connectivity index (χ1n) is 5.28. The molecule has 4 nitrogen and oxygen atoms in total. The van der Waals surface area contributed by atoms with Crippen molar-refractivity contribution < 1.29 is 9.59 Å². The molecule has 1 aromatic carbocycles. The summed E-state index contributed by atoms with van der Waals surface area (Å²) >= 11 is 0. The summed E-state index contributed by atoms with van der Waals surface area (Å²) < 4.78 is 0. The number of carbonyl (C=O) groups is 2. The lowest BCUT2D eigenvalue weighted by Crippen LogP contribution is -2.40. The van der Waals surface area contributed by atoms with Crippen LogP contribution < -0.4 is 10.6 Å². The maximum Gasteiger partial charge on any atom is 0.309 e. The molecule has 86 valence electrons. The molecular weight excluding hydrogens is 204 g/mol. The number of nitrogens with one attached hydrogen (secondary N) is 2. The molecule has 0 aliphatic heterocycles. The largest absolute Gasteiger partial charge is 0.348 e. The molecule has 0 unspecified atom stereocenters. The average Bonchev–Trinajstić information content (AvgIpc) is 2.30. The molecule has 0 fully saturated rings. The van der Waals surface area contributed by atoms with E-state index in [1.165, 1.54) is 0 Å². The normalized spacial score (nSPS) is 11.6. The third-order valence-electron chi connectivity index (χ3n) is 2.19. The Bertz CT molecular complexity index is 363. The van der Waals surface area contributed by atoms with E-state index in [1.807, 2.05) is 37.3 Å². The van der Waals surface area contributed by atoms with E-state index < -0.39 is 11.8 Å². The zero-order chi connectivity index (χ0) is 12.0. The first-order valence-corrected chi connectivity index (χ1v) is 5.28. The minimum absolute atomic E-state index is 0.170. The van der Waals surface area contributed by atoms with Crippen LogP contribution in [0.1, 0.15) is 25.5 Å². The molecule has 0 radical (unpaired) electrons. The van der Waals surface area contributed by atoms with Crippen molar-refractivity contribution in [3.8, 4) is 0 Å². The maximum atomic E-state index is 11.4. The number of benzene rings is 1. The number of hydrogen-bond acceptors (Lipinski definition) is 2. The van der Waals surface area contributed by atoms with Gasteiger partial charge in [-0.2, -0.15) is 0 Å². The van der Waals surface area contributed by atoms with Crippen LogP contribution in [0, 0.1) is 0 Å². The Morgan fingerprint density at radius 1 is 1.19 bits per heavy atom. The summed E-state index contributed by atoms with van der Waals surface area (Å²) in [6.07, 6.45) is 0. The smallest absolute Gasteiger partial charge is 0.309 e. The Morgan fingerprint density at radius 3 is 2.38 bits per heavy atom. The van der Waals surface area contributed by atoms with Crippen LogP contribution in [0.3, 0.4) is 0 Å². The van der Waals surface area contributed by atoms with Crippen LogP contribution in [0.5, 0.6) is 0 Å². The van der Waals surface area contributed by atoms with Gasteiger partial charge in [0.1, 0.15) is 0 Å². The summed E-state index contributed by atoms with van der Waals surface area (Å²) in [7, 11) is 0. The highest BCUT2D eigenvalue weighted by molar-refractivity contribution is 6.35. The van der Waals surface area contributed by atoms with Gasteiger partial charge in [-0.05, 0) is 19.4 Å². The molecule has 16 heavy (non-hydrogen) atoms. The lowest BCUT2D eigenvalue weighted by molar-refractivity contribution is -0.139. The highest BCUT2D eigenvalue weighted by Crippen LogP contribution is 2.10. The predicted molar refractivity (Wildman–Crippen MR) is 61.7 cm³/mol. The Morgan fingerprint density at radius 2 is 1.81 bits per heavy atom. The number of likely N-dealkylation sites (N-methyl/N-ethyl adjacent to an activating group) is 1. The molecule has 0 saturated heterocycles. The minimum Gasteiger partial charge on any atom is -0.348 e. The van der Waals surface area contributed by atoms with Crippen LogP contribution in [-0.2, 0) is 9.59 Å². The Labute approximate surface area is 95.0 Å². The van der Waals surface area contributed by atoms with E-state index in [1.54, 1.807) is 6.92 Å². The maximum absolute atomic E-state index is 11.4. The van der Waals surface area contributed by atoms with Crippen molar-refractivity contribution in [1.29, 1.82) is 0 Å². The van der Waals surface area contributed by atoms with E-state index >= 15 is 0 Å². The average molecular weight is 220 g/mol. The van der Waals surface area contributed by atoms with Crippen LogP contribution >= 0.6 is 0 Å². The second-order valence-electron chi connectivity index (χ2n) is 3.47. The van der Waals surface area contributed by atoms with Crippen LogP contribution in [0.15, 0.2) is 30.3 Å². The minimum atomic E-state index is -0.599. The summed E-state index contributed by atoms with van der Waals surface area (Å²) in [5, 5.41) is 5.08. The first-order chi connectivity index (χ1) is 7.65.